The first-order valence-corrected chi connectivity index (χ1v) is 6.03. The summed E-state index contributed by atoms with van der Waals surface area (Å²) < 4.78 is 0. The van der Waals surface area contributed by atoms with Crippen LogP contribution in [0.15, 0.2) is 41.3 Å². The molecule has 2 nitrogen and oxygen atoms in total. The van der Waals surface area contributed by atoms with Crippen molar-refractivity contribution >= 4 is 23.4 Å². The molecule has 0 fully saturated rings. The Balaban J connectivity index is 2.33. The minimum Gasteiger partial charge on any atom is -0.149 e. The maximum atomic E-state index is 5.67. The normalized spacial score (nSPS) is 10.3. The van der Waals surface area contributed by atoms with Crippen LogP contribution < -0.4 is 0 Å². The Kier molecular flexibility index (Phi) is 3.23. The van der Waals surface area contributed by atoms with Gasteiger partial charge >= 0.3 is 0 Å². The second-order valence-electron chi connectivity index (χ2n) is 2.97. The number of halogens is 1. The fraction of sp³-hybridized carbons (Fsp3) is 0.0909. The molecule has 0 aliphatic heterocycles. The summed E-state index contributed by atoms with van der Waals surface area (Å²) in [6.07, 6.45) is 2.05. The van der Waals surface area contributed by atoms with Crippen LogP contribution >= 0.6 is 23.4 Å². The summed E-state index contributed by atoms with van der Waals surface area (Å²) in [4.78, 5) is 1.24. The number of nitrogens with zero attached hydrogens (tertiary/aromatic N) is 2. The van der Waals surface area contributed by atoms with Crippen molar-refractivity contribution in [2.24, 2.45) is 0 Å². The molecule has 1 heterocycles. The summed E-state index contributed by atoms with van der Waals surface area (Å²) in [5.74, 6) is 0. The highest BCUT2D eigenvalue weighted by Gasteiger charge is 1.99. The zero-order chi connectivity index (χ0) is 10.7. The summed E-state index contributed by atoms with van der Waals surface area (Å²) in [7, 11) is 0. The van der Waals surface area contributed by atoms with Crippen LogP contribution in [-0.2, 0) is 0 Å². The number of aromatic nitrogens is 2. The second-order valence-corrected chi connectivity index (χ2v) is 4.24. The Hall–Kier alpha value is -1.06. The van der Waals surface area contributed by atoms with Gasteiger partial charge in [-0.1, -0.05) is 23.7 Å². The number of benzene rings is 1. The fourth-order valence-corrected chi connectivity index (χ4v) is 1.74. The van der Waals surface area contributed by atoms with Gasteiger partial charge in [-0.15, -0.1) is 22.0 Å². The predicted molar refractivity (Wildman–Crippen MR) is 64.3 cm³/mol. The molecule has 0 saturated carbocycles. The van der Waals surface area contributed by atoms with E-state index in [0.717, 1.165) is 11.3 Å². The SMILES string of the molecule is CSc1ccc(-c2ccc(Cl)nn2)cc1. The topological polar surface area (TPSA) is 25.8 Å². The molecule has 0 aliphatic carbocycles. The largest absolute Gasteiger partial charge is 0.151 e. The molecule has 0 N–H and O–H groups in total. The monoisotopic (exact) mass is 236 g/mol. The summed E-state index contributed by atoms with van der Waals surface area (Å²) in [5, 5.41) is 8.24. The van der Waals surface area contributed by atoms with Crippen LogP contribution in [0.5, 0.6) is 0 Å². The lowest BCUT2D eigenvalue weighted by Gasteiger charge is -2.00. The molecule has 0 bridgehead atoms. The van der Waals surface area contributed by atoms with Gasteiger partial charge in [0.2, 0.25) is 0 Å². The van der Waals surface area contributed by atoms with Crippen molar-refractivity contribution in [2.75, 3.05) is 6.26 Å². The maximum Gasteiger partial charge on any atom is 0.151 e. The van der Waals surface area contributed by atoms with Gasteiger partial charge in [0.15, 0.2) is 5.15 Å². The van der Waals surface area contributed by atoms with E-state index in [2.05, 4.69) is 28.6 Å². The van der Waals surface area contributed by atoms with E-state index in [-0.39, 0.29) is 0 Å². The summed E-state index contributed by atoms with van der Waals surface area (Å²) in [6.45, 7) is 0. The highest BCUT2D eigenvalue weighted by Crippen LogP contribution is 2.21. The molecule has 0 spiro atoms. The van der Waals surface area contributed by atoms with Crippen LogP contribution in [0.3, 0.4) is 0 Å². The molecule has 15 heavy (non-hydrogen) atoms. The number of rotatable bonds is 2. The molecule has 76 valence electrons. The summed E-state index contributed by atoms with van der Waals surface area (Å²) in [6, 6.07) is 11.8. The van der Waals surface area contributed by atoms with E-state index in [0.29, 0.717) is 5.15 Å². The van der Waals surface area contributed by atoms with E-state index in [4.69, 9.17) is 11.6 Å². The third-order valence-electron chi connectivity index (χ3n) is 2.02. The van der Waals surface area contributed by atoms with Crippen LogP contribution in [0.1, 0.15) is 0 Å². The summed E-state index contributed by atoms with van der Waals surface area (Å²) in [5.41, 5.74) is 1.89. The van der Waals surface area contributed by atoms with Crippen molar-refractivity contribution in [3.8, 4) is 11.3 Å². The second kappa shape index (κ2) is 4.64. The highest BCUT2D eigenvalue weighted by atomic mass is 35.5. The minimum atomic E-state index is 0.416. The standard InChI is InChI=1S/C11H9ClN2S/c1-15-9-4-2-8(3-5-9)10-6-7-11(12)14-13-10/h2-7H,1H3. The van der Waals surface area contributed by atoms with Gasteiger partial charge < -0.3 is 0 Å². The molecule has 0 atom stereocenters. The molecular weight excluding hydrogens is 228 g/mol. The number of thioether (sulfide) groups is 1. The van der Waals surface area contributed by atoms with Crippen LogP contribution in [0, 0.1) is 0 Å². The van der Waals surface area contributed by atoms with Crippen molar-refractivity contribution in [2.45, 2.75) is 4.90 Å². The molecule has 0 saturated heterocycles. The molecular formula is C11H9ClN2S. The van der Waals surface area contributed by atoms with Gasteiger partial charge in [0.1, 0.15) is 0 Å². The third kappa shape index (κ3) is 2.49. The van der Waals surface area contributed by atoms with Crippen LogP contribution in [0.2, 0.25) is 5.15 Å². The van der Waals surface area contributed by atoms with E-state index in [9.17, 15) is 0 Å². The zero-order valence-corrected chi connectivity index (χ0v) is 9.72. The van der Waals surface area contributed by atoms with E-state index in [1.807, 2.05) is 18.2 Å². The van der Waals surface area contributed by atoms with Gasteiger partial charge in [-0.05, 0) is 30.5 Å². The van der Waals surface area contributed by atoms with Gasteiger partial charge in [0.05, 0.1) is 5.69 Å². The van der Waals surface area contributed by atoms with Crippen molar-refractivity contribution in [3.05, 3.63) is 41.6 Å². The molecule has 1 aromatic carbocycles. The van der Waals surface area contributed by atoms with Gasteiger partial charge in [-0.3, -0.25) is 0 Å². The lowest BCUT2D eigenvalue weighted by molar-refractivity contribution is 1.04. The Morgan fingerprint density at radius 3 is 2.27 bits per heavy atom. The minimum absolute atomic E-state index is 0.416. The van der Waals surface area contributed by atoms with Crippen molar-refractivity contribution < 1.29 is 0 Å². The summed E-state index contributed by atoms with van der Waals surface area (Å²) >= 11 is 7.39. The smallest absolute Gasteiger partial charge is 0.149 e. The quantitative estimate of drug-likeness (QED) is 0.747. The van der Waals surface area contributed by atoms with E-state index in [1.165, 1.54) is 4.90 Å². The van der Waals surface area contributed by atoms with Crippen molar-refractivity contribution in [3.63, 3.8) is 0 Å². The molecule has 2 aromatic rings. The molecule has 0 radical (unpaired) electrons. The van der Waals surface area contributed by atoms with Gasteiger partial charge in [0, 0.05) is 10.5 Å². The first-order valence-electron chi connectivity index (χ1n) is 4.43. The van der Waals surface area contributed by atoms with E-state index >= 15 is 0 Å². The Morgan fingerprint density at radius 1 is 1.00 bits per heavy atom. The van der Waals surface area contributed by atoms with Crippen molar-refractivity contribution in [1.29, 1.82) is 0 Å². The number of hydrogen-bond acceptors (Lipinski definition) is 3. The van der Waals surface area contributed by atoms with E-state index < -0.39 is 0 Å². The number of hydrogen-bond donors (Lipinski definition) is 0. The first-order chi connectivity index (χ1) is 7.29. The van der Waals surface area contributed by atoms with Crippen molar-refractivity contribution in [1.82, 2.24) is 10.2 Å². The molecule has 0 unspecified atom stereocenters. The van der Waals surface area contributed by atoms with Crippen LogP contribution in [0.4, 0.5) is 0 Å². The molecule has 4 heteroatoms. The maximum absolute atomic E-state index is 5.67. The molecule has 0 aliphatic rings. The van der Waals surface area contributed by atoms with E-state index in [1.54, 1.807) is 17.8 Å². The zero-order valence-electron chi connectivity index (χ0n) is 8.14. The Labute approximate surface area is 97.7 Å². The molecule has 1 aromatic heterocycles. The highest BCUT2D eigenvalue weighted by molar-refractivity contribution is 7.98. The Morgan fingerprint density at radius 2 is 1.73 bits per heavy atom. The van der Waals surface area contributed by atoms with Crippen LogP contribution in [0.25, 0.3) is 11.3 Å². The first kappa shape index (κ1) is 10.5. The van der Waals surface area contributed by atoms with Gasteiger partial charge in [0.25, 0.3) is 0 Å². The molecule has 2 rings (SSSR count). The lowest BCUT2D eigenvalue weighted by atomic mass is 10.1. The van der Waals surface area contributed by atoms with Gasteiger partial charge in [-0.2, -0.15) is 0 Å². The van der Waals surface area contributed by atoms with Gasteiger partial charge in [-0.25, -0.2) is 0 Å². The average Bonchev–Trinajstić information content (AvgIpc) is 2.30. The van der Waals surface area contributed by atoms with Crippen LogP contribution in [-0.4, -0.2) is 16.5 Å². The average molecular weight is 237 g/mol. The Bertz CT molecular complexity index is 439. The lowest BCUT2D eigenvalue weighted by Crippen LogP contribution is -1.86. The fourth-order valence-electron chi connectivity index (χ4n) is 1.23. The molecule has 0 amide bonds. The third-order valence-corrected chi connectivity index (χ3v) is 2.96. The predicted octanol–water partition coefficient (Wildman–Crippen LogP) is 3.52.